The van der Waals surface area contributed by atoms with Crippen LogP contribution in [0.4, 0.5) is 0 Å². The third-order valence-electron chi connectivity index (χ3n) is 3.50. The van der Waals surface area contributed by atoms with Crippen molar-refractivity contribution >= 4 is 28.9 Å². The fourth-order valence-electron chi connectivity index (χ4n) is 2.37. The lowest BCUT2D eigenvalue weighted by atomic mass is 10.1. The van der Waals surface area contributed by atoms with Crippen molar-refractivity contribution in [3.05, 3.63) is 61.8 Å². The summed E-state index contributed by atoms with van der Waals surface area (Å²) >= 11 is 7.46. The van der Waals surface area contributed by atoms with E-state index >= 15 is 0 Å². The minimum Gasteiger partial charge on any atom is -0.480 e. The number of halogens is 1. The summed E-state index contributed by atoms with van der Waals surface area (Å²) in [5.41, 5.74) is 1.42. The monoisotopic (exact) mass is 363 g/mol. The second-order valence-electron chi connectivity index (χ2n) is 5.23. The van der Waals surface area contributed by atoms with Gasteiger partial charge in [-0.05, 0) is 43.2 Å². The zero-order valence-corrected chi connectivity index (χ0v) is 14.1. The summed E-state index contributed by atoms with van der Waals surface area (Å²) in [4.78, 5) is 24.3. The SMILES string of the molecule is O=C(O)Cn1cccc(-c2cc(CCc3ccc(Cl)s3)[nH]n2)c1=O. The summed E-state index contributed by atoms with van der Waals surface area (Å²) in [6.07, 6.45) is 3.03. The molecule has 3 rings (SSSR count). The van der Waals surface area contributed by atoms with Crippen LogP contribution in [0, 0.1) is 0 Å². The highest BCUT2D eigenvalue weighted by Crippen LogP contribution is 2.23. The number of aliphatic carboxylic acids is 1. The number of carboxylic acids is 1. The standard InChI is InChI=1S/C16H14ClN3O3S/c17-14-6-5-11(24-14)4-3-10-8-13(19-18-10)12-2-1-7-20(16(12)23)9-15(21)22/h1-2,5-8H,3-4,9H2,(H,18,19)(H,21,22). The van der Waals surface area contributed by atoms with E-state index in [1.165, 1.54) is 11.1 Å². The normalized spacial score (nSPS) is 10.9. The van der Waals surface area contributed by atoms with Crippen molar-refractivity contribution in [2.24, 2.45) is 0 Å². The lowest BCUT2D eigenvalue weighted by Gasteiger charge is -2.03. The van der Waals surface area contributed by atoms with E-state index in [2.05, 4.69) is 10.2 Å². The van der Waals surface area contributed by atoms with Crippen LogP contribution in [0.2, 0.25) is 4.34 Å². The molecule has 124 valence electrons. The van der Waals surface area contributed by atoms with E-state index in [1.807, 2.05) is 18.2 Å². The molecule has 0 aliphatic carbocycles. The molecule has 6 nitrogen and oxygen atoms in total. The van der Waals surface area contributed by atoms with Crippen LogP contribution in [0.3, 0.4) is 0 Å². The molecule has 0 fully saturated rings. The van der Waals surface area contributed by atoms with Gasteiger partial charge in [0, 0.05) is 16.8 Å². The van der Waals surface area contributed by atoms with Gasteiger partial charge in [-0.1, -0.05) is 11.6 Å². The van der Waals surface area contributed by atoms with Crippen molar-refractivity contribution in [2.45, 2.75) is 19.4 Å². The molecule has 0 atom stereocenters. The molecule has 24 heavy (non-hydrogen) atoms. The molecule has 0 aromatic carbocycles. The number of hydrogen-bond acceptors (Lipinski definition) is 4. The Morgan fingerprint density at radius 3 is 2.88 bits per heavy atom. The molecule has 3 aromatic rings. The Kier molecular flexibility index (Phi) is 4.82. The van der Waals surface area contributed by atoms with Gasteiger partial charge < -0.3 is 9.67 Å². The van der Waals surface area contributed by atoms with Gasteiger partial charge in [-0.2, -0.15) is 5.10 Å². The summed E-state index contributed by atoms with van der Waals surface area (Å²) in [7, 11) is 0. The molecule has 0 unspecified atom stereocenters. The van der Waals surface area contributed by atoms with Crippen molar-refractivity contribution in [3.63, 3.8) is 0 Å². The summed E-state index contributed by atoms with van der Waals surface area (Å²) in [5, 5.41) is 15.9. The number of rotatable bonds is 6. The molecule has 0 aliphatic heterocycles. The fraction of sp³-hybridized carbons (Fsp3) is 0.188. The van der Waals surface area contributed by atoms with Crippen molar-refractivity contribution in [3.8, 4) is 11.3 Å². The average molecular weight is 364 g/mol. The molecule has 8 heteroatoms. The Bertz CT molecular complexity index is 929. The van der Waals surface area contributed by atoms with Gasteiger partial charge in [-0.15, -0.1) is 11.3 Å². The first-order valence-corrected chi connectivity index (χ1v) is 8.42. The molecule has 3 heterocycles. The number of nitrogens with zero attached hydrogens (tertiary/aromatic N) is 2. The van der Waals surface area contributed by atoms with E-state index in [0.717, 1.165) is 27.4 Å². The van der Waals surface area contributed by atoms with Gasteiger partial charge in [0.15, 0.2) is 0 Å². The highest BCUT2D eigenvalue weighted by molar-refractivity contribution is 7.16. The van der Waals surface area contributed by atoms with Gasteiger partial charge in [-0.3, -0.25) is 14.7 Å². The summed E-state index contributed by atoms with van der Waals surface area (Å²) in [6.45, 7) is -0.372. The number of carbonyl (C=O) groups is 1. The lowest BCUT2D eigenvalue weighted by molar-refractivity contribution is -0.137. The maximum atomic E-state index is 12.3. The molecule has 0 saturated carbocycles. The topological polar surface area (TPSA) is 88.0 Å². The van der Waals surface area contributed by atoms with Gasteiger partial charge >= 0.3 is 5.97 Å². The third-order valence-corrected chi connectivity index (χ3v) is 4.79. The largest absolute Gasteiger partial charge is 0.480 e. The number of aryl methyl sites for hydroxylation is 2. The molecule has 2 N–H and O–H groups in total. The number of thiophene rings is 1. The van der Waals surface area contributed by atoms with Gasteiger partial charge in [0.1, 0.15) is 6.54 Å². The van der Waals surface area contributed by atoms with Crippen LogP contribution in [-0.2, 0) is 24.2 Å². The Balaban J connectivity index is 1.78. The lowest BCUT2D eigenvalue weighted by Crippen LogP contribution is -2.24. The Hall–Kier alpha value is -2.38. The van der Waals surface area contributed by atoms with Crippen molar-refractivity contribution < 1.29 is 9.90 Å². The van der Waals surface area contributed by atoms with Crippen LogP contribution in [0.15, 0.2) is 41.3 Å². The fourth-order valence-corrected chi connectivity index (χ4v) is 3.46. The Morgan fingerprint density at radius 1 is 1.33 bits per heavy atom. The summed E-state index contributed by atoms with van der Waals surface area (Å²) in [5.74, 6) is -1.06. The third kappa shape index (κ3) is 3.74. The maximum absolute atomic E-state index is 12.3. The Labute approximate surface area is 146 Å². The molecule has 3 aromatic heterocycles. The van der Waals surface area contributed by atoms with Crippen LogP contribution in [0.5, 0.6) is 0 Å². The highest BCUT2D eigenvalue weighted by Gasteiger charge is 2.11. The number of nitrogens with one attached hydrogen (secondary N) is 1. The van der Waals surface area contributed by atoms with Crippen LogP contribution < -0.4 is 5.56 Å². The van der Waals surface area contributed by atoms with Crippen LogP contribution in [0.1, 0.15) is 10.6 Å². The van der Waals surface area contributed by atoms with Gasteiger partial charge in [-0.25, -0.2) is 0 Å². The first-order chi connectivity index (χ1) is 11.5. The molecule has 0 saturated heterocycles. The van der Waals surface area contributed by atoms with E-state index in [-0.39, 0.29) is 12.1 Å². The maximum Gasteiger partial charge on any atom is 0.323 e. The predicted molar refractivity (Wildman–Crippen MR) is 92.7 cm³/mol. The quantitative estimate of drug-likeness (QED) is 0.704. The van der Waals surface area contributed by atoms with Gasteiger partial charge in [0.2, 0.25) is 0 Å². The van der Waals surface area contributed by atoms with E-state index in [4.69, 9.17) is 16.7 Å². The van der Waals surface area contributed by atoms with Crippen LogP contribution in [-0.4, -0.2) is 25.8 Å². The number of pyridine rings is 1. The minimum atomic E-state index is -1.06. The van der Waals surface area contributed by atoms with E-state index in [1.54, 1.807) is 23.5 Å². The Morgan fingerprint density at radius 2 is 2.17 bits per heavy atom. The zero-order chi connectivity index (χ0) is 17.1. The van der Waals surface area contributed by atoms with E-state index in [9.17, 15) is 9.59 Å². The molecule has 0 amide bonds. The van der Waals surface area contributed by atoms with E-state index < -0.39 is 5.97 Å². The second-order valence-corrected chi connectivity index (χ2v) is 7.03. The average Bonchev–Trinajstić information content (AvgIpc) is 3.16. The van der Waals surface area contributed by atoms with Gasteiger partial charge in [0.25, 0.3) is 5.56 Å². The smallest absolute Gasteiger partial charge is 0.323 e. The summed E-state index contributed by atoms with van der Waals surface area (Å²) in [6, 6.07) is 8.96. The first kappa shape index (κ1) is 16.5. The molecular formula is C16H14ClN3O3S. The first-order valence-electron chi connectivity index (χ1n) is 7.23. The minimum absolute atomic E-state index is 0.372. The van der Waals surface area contributed by atoms with Crippen LogP contribution >= 0.6 is 22.9 Å². The summed E-state index contributed by atoms with van der Waals surface area (Å²) < 4.78 is 1.92. The van der Waals surface area contributed by atoms with Crippen molar-refractivity contribution in [1.82, 2.24) is 14.8 Å². The number of hydrogen-bond donors (Lipinski definition) is 2. The molecular weight excluding hydrogens is 350 g/mol. The van der Waals surface area contributed by atoms with E-state index in [0.29, 0.717) is 11.3 Å². The molecule has 0 spiro atoms. The molecule has 0 bridgehead atoms. The molecule has 0 radical (unpaired) electrons. The van der Waals surface area contributed by atoms with Crippen molar-refractivity contribution in [2.75, 3.05) is 0 Å². The second kappa shape index (κ2) is 7.02. The van der Waals surface area contributed by atoms with Gasteiger partial charge in [0.05, 0.1) is 15.6 Å². The number of aromatic nitrogens is 3. The molecule has 0 aliphatic rings. The van der Waals surface area contributed by atoms with Crippen LogP contribution in [0.25, 0.3) is 11.3 Å². The van der Waals surface area contributed by atoms with Crippen molar-refractivity contribution in [1.29, 1.82) is 0 Å². The highest BCUT2D eigenvalue weighted by atomic mass is 35.5. The number of carboxylic acid groups (broad SMARTS) is 1. The zero-order valence-electron chi connectivity index (χ0n) is 12.5. The number of H-pyrrole nitrogens is 1. The number of aromatic amines is 1. The predicted octanol–water partition coefficient (Wildman–Crippen LogP) is 2.82.